The number of carbonyl (C=O) groups excluding carboxylic acids is 1. The molecule has 0 saturated carbocycles. The molecule has 0 aliphatic heterocycles. The number of fused-ring (bicyclic) bond motifs is 1. The third-order valence-electron chi connectivity index (χ3n) is 4.10. The molecule has 20 heavy (non-hydrogen) atoms. The van der Waals surface area contributed by atoms with E-state index in [1.54, 1.807) is 0 Å². The van der Waals surface area contributed by atoms with E-state index in [4.69, 9.17) is 5.73 Å². The predicted molar refractivity (Wildman–Crippen MR) is 82.4 cm³/mol. The average molecular weight is 274 g/mol. The van der Waals surface area contributed by atoms with E-state index in [-0.39, 0.29) is 18.0 Å². The highest BCUT2D eigenvalue weighted by Crippen LogP contribution is 2.30. The summed E-state index contributed by atoms with van der Waals surface area (Å²) < 4.78 is 0. The minimum Gasteiger partial charge on any atom is -0.348 e. The van der Waals surface area contributed by atoms with E-state index in [9.17, 15) is 4.79 Å². The second kappa shape index (κ2) is 7.44. The number of nitrogens with one attached hydrogen (secondary N) is 1. The van der Waals surface area contributed by atoms with Crippen LogP contribution in [0.1, 0.15) is 62.6 Å². The summed E-state index contributed by atoms with van der Waals surface area (Å²) in [6.07, 6.45) is 7.34. The molecule has 1 aromatic carbocycles. The van der Waals surface area contributed by atoms with Crippen molar-refractivity contribution in [3.8, 4) is 0 Å². The molecule has 3 heteroatoms. The summed E-state index contributed by atoms with van der Waals surface area (Å²) in [5.74, 6) is 0.138. The Kier molecular flexibility index (Phi) is 5.60. The van der Waals surface area contributed by atoms with Crippen LogP contribution in [0.5, 0.6) is 0 Å². The van der Waals surface area contributed by atoms with Gasteiger partial charge < -0.3 is 11.1 Å². The van der Waals surface area contributed by atoms with Crippen LogP contribution in [-0.4, -0.2) is 11.9 Å². The first-order chi connectivity index (χ1) is 9.72. The molecule has 1 amide bonds. The van der Waals surface area contributed by atoms with Gasteiger partial charge in [0, 0.05) is 12.5 Å². The van der Waals surface area contributed by atoms with Crippen LogP contribution in [0, 0.1) is 0 Å². The van der Waals surface area contributed by atoms with E-state index in [2.05, 4.69) is 24.4 Å². The van der Waals surface area contributed by atoms with Gasteiger partial charge in [-0.2, -0.15) is 0 Å². The van der Waals surface area contributed by atoms with Gasteiger partial charge in [0.15, 0.2) is 0 Å². The van der Waals surface area contributed by atoms with Crippen molar-refractivity contribution in [1.29, 1.82) is 0 Å². The van der Waals surface area contributed by atoms with Crippen molar-refractivity contribution >= 4 is 5.91 Å². The minimum atomic E-state index is -0.00524. The smallest absolute Gasteiger partial charge is 0.220 e. The highest BCUT2D eigenvalue weighted by atomic mass is 16.1. The summed E-state index contributed by atoms with van der Waals surface area (Å²) in [6, 6.07) is 8.23. The Bertz CT molecular complexity index is 444. The van der Waals surface area contributed by atoms with Crippen LogP contribution in [0.15, 0.2) is 24.3 Å². The van der Waals surface area contributed by atoms with Crippen molar-refractivity contribution in [2.45, 2.75) is 64.0 Å². The molecule has 0 radical (unpaired) electrons. The maximum atomic E-state index is 12.0. The summed E-state index contributed by atoms with van der Waals surface area (Å²) >= 11 is 0. The maximum absolute atomic E-state index is 12.0. The minimum absolute atomic E-state index is 0.00524. The Morgan fingerprint density at radius 2 is 2.00 bits per heavy atom. The summed E-state index contributed by atoms with van der Waals surface area (Å²) in [7, 11) is 0. The Hall–Kier alpha value is -1.35. The van der Waals surface area contributed by atoms with Gasteiger partial charge in [0.1, 0.15) is 0 Å². The van der Waals surface area contributed by atoms with Gasteiger partial charge in [-0.25, -0.2) is 0 Å². The van der Waals surface area contributed by atoms with E-state index in [0.717, 1.165) is 19.3 Å². The van der Waals surface area contributed by atoms with Crippen LogP contribution in [0.25, 0.3) is 0 Å². The highest BCUT2D eigenvalue weighted by Gasteiger charge is 2.30. The standard InChI is InChI=1S/C17H26N2O/c1-2-3-4-5-6-11-16(20)19-17-14-10-8-7-9-13(14)12-15(17)18/h7-10,15,17H,2-6,11-12,18H2,1H3,(H,19,20). The molecule has 3 N–H and O–H groups in total. The summed E-state index contributed by atoms with van der Waals surface area (Å²) in [6.45, 7) is 2.20. The summed E-state index contributed by atoms with van der Waals surface area (Å²) in [5, 5.41) is 3.11. The fourth-order valence-corrected chi connectivity index (χ4v) is 2.95. The van der Waals surface area contributed by atoms with Gasteiger partial charge in [-0.3, -0.25) is 4.79 Å². The van der Waals surface area contributed by atoms with Gasteiger partial charge in [0.25, 0.3) is 0 Å². The van der Waals surface area contributed by atoms with E-state index in [0.29, 0.717) is 6.42 Å². The molecule has 2 unspecified atom stereocenters. The van der Waals surface area contributed by atoms with Crippen LogP contribution < -0.4 is 11.1 Å². The van der Waals surface area contributed by atoms with Crippen molar-refractivity contribution in [2.24, 2.45) is 5.73 Å². The molecule has 0 heterocycles. The molecule has 1 aliphatic carbocycles. The number of unbranched alkanes of at least 4 members (excludes halogenated alkanes) is 4. The zero-order valence-electron chi connectivity index (χ0n) is 12.4. The lowest BCUT2D eigenvalue weighted by Gasteiger charge is -2.18. The number of amides is 1. The molecule has 2 rings (SSSR count). The Morgan fingerprint density at radius 1 is 1.25 bits per heavy atom. The molecule has 1 aliphatic rings. The monoisotopic (exact) mass is 274 g/mol. The number of carbonyl (C=O) groups is 1. The Labute approximate surface area is 121 Å². The Balaban J connectivity index is 1.80. The zero-order valence-corrected chi connectivity index (χ0v) is 12.4. The van der Waals surface area contributed by atoms with Crippen molar-refractivity contribution < 1.29 is 4.79 Å². The van der Waals surface area contributed by atoms with Crippen LogP contribution >= 0.6 is 0 Å². The van der Waals surface area contributed by atoms with Crippen molar-refractivity contribution in [3.63, 3.8) is 0 Å². The van der Waals surface area contributed by atoms with Crippen LogP contribution in [-0.2, 0) is 11.2 Å². The second-order valence-electron chi connectivity index (χ2n) is 5.78. The third-order valence-corrected chi connectivity index (χ3v) is 4.10. The maximum Gasteiger partial charge on any atom is 0.220 e. The van der Waals surface area contributed by atoms with E-state index < -0.39 is 0 Å². The Morgan fingerprint density at radius 3 is 2.80 bits per heavy atom. The predicted octanol–water partition coefficient (Wildman–Crippen LogP) is 3.09. The van der Waals surface area contributed by atoms with Crippen molar-refractivity contribution in [2.75, 3.05) is 0 Å². The topological polar surface area (TPSA) is 55.1 Å². The molecule has 0 spiro atoms. The molecule has 2 atom stereocenters. The molecule has 0 fully saturated rings. The van der Waals surface area contributed by atoms with Gasteiger partial charge in [-0.1, -0.05) is 56.9 Å². The van der Waals surface area contributed by atoms with Crippen LogP contribution in [0.4, 0.5) is 0 Å². The molecule has 0 saturated heterocycles. The normalized spacial score (nSPS) is 20.7. The third kappa shape index (κ3) is 3.83. The summed E-state index contributed by atoms with van der Waals surface area (Å²) in [5.41, 5.74) is 8.62. The molecule has 3 nitrogen and oxygen atoms in total. The molecular formula is C17H26N2O. The quantitative estimate of drug-likeness (QED) is 0.751. The van der Waals surface area contributed by atoms with Crippen molar-refractivity contribution in [1.82, 2.24) is 5.32 Å². The van der Waals surface area contributed by atoms with Gasteiger partial charge in [-0.15, -0.1) is 0 Å². The number of benzene rings is 1. The number of hydrogen-bond acceptors (Lipinski definition) is 2. The lowest BCUT2D eigenvalue weighted by molar-refractivity contribution is -0.122. The van der Waals surface area contributed by atoms with E-state index in [1.165, 1.54) is 30.4 Å². The molecule has 1 aromatic rings. The van der Waals surface area contributed by atoms with Gasteiger partial charge in [0.2, 0.25) is 5.91 Å². The SMILES string of the molecule is CCCCCCCC(=O)NC1c2ccccc2CC1N. The first kappa shape index (κ1) is 15.0. The first-order valence-corrected chi connectivity index (χ1v) is 7.85. The lowest BCUT2D eigenvalue weighted by Crippen LogP contribution is -2.38. The number of nitrogens with two attached hydrogens (primary N) is 1. The highest BCUT2D eigenvalue weighted by molar-refractivity contribution is 5.76. The largest absolute Gasteiger partial charge is 0.348 e. The molecule has 110 valence electrons. The summed E-state index contributed by atoms with van der Waals surface area (Å²) in [4.78, 5) is 12.0. The zero-order chi connectivity index (χ0) is 14.4. The number of rotatable bonds is 7. The van der Waals surface area contributed by atoms with E-state index >= 15 is 0 Å². The van der Waals surface area contributed by atoms with Gasteiger partial charge in [-0.05, 0) is 24.0 Å². The lowest BCUT2D eigenvalue weighted by atomic mass is 10.1. The van der Waals surface area contributed by atoms with Gasteiger partial charge in [0.05, 0.1) is 6.04 Å². The van der Waals surface area contributed by atoms with Crippen molar-refractivity contribution in [3.05, 3.63) is 35.4 Å². The van der Waals surface area contributed by atoms with Gasteiger partial charge >= 0.3 is 0 Å². The average Bonchev–Trinajstić information content (AvgIpc) is 2.75. The fourth-order valence-electron chi connectivity index (χ4n) is 2.95. The molecule has 0 bridgehead atoms. The molecule has 0 aromatic heterocycles. The van der Waals surface area contributed by atoms with E-state index in [1.807, 2.05) is 12.1 Å². The second-order valence-corrected chi connectivity index (χ2v) is 5.78. The first-order valence-electron chi connectivity index (χ1n) is 7.85. The van der Waals surface area contributed by atoms with Crippen LogP contribution in [0.3, 0.4) is 0 Å². The molecular weight excluding hydrogens is 248 g/mol. The van der Waals surface area contributed by atoms with Crippen LogP contribution in [0.2, 0.25) is 0 Å². The number of hydrogen-bond donors (Lipinski definition) is 2. The fraction of sp³-hybridized carbons (Fsp3) is 0.588.